The number of nitrogens with two attached hydrogens (primary N) is 1. The molecule has 7 nitrogen and oxygen atoms in total. The Hall–Kier alpha value is -3.87. The molecule has 2 heterocycles. The lowest BCUT2D eigenvalue weighted by Crippen LogP contribution is -2.31. The molecule has 0 aliphatic carbocycles. The molecule has 0 saturated heterocycles. The highest BCUT2D eigenvalue weighted by atomic mass is 16.2. The molecule has 2 amide bonds. The highest BCUT2D eigenvalue weighted by molar-refractivity contribution is 5.99. The second-order valence-corrected chi connectivity index (χ2v) is 6.89. The first kappa shape index (κ1) is 18.5. The smallest absolute Gasteiger partial charge is 0.251 e. The van der Waals surface area contributed by atoms with E-state index in [4.69, 9.17) is 5.73 Å². The summed E-state index contributed by atoms with van der Waals surface area (Å²) < 4.78 is 1.70. The maximum atomic E-state index is 12.0. The third-order valence-electron chi connectivity index (χ3n) is 5.08. The lowest BCUT2D eigenvalue weighted by atomic mass is 9.96. The molecule has 4 rings (SSSR count). The van der Waals surface area contributed by atoms with Gasteiger partial charge in [0.05, 0.1) is 5.69 Å². The van der Waals surface area contributed by atoms with E-state index >= 15 is 0 Å². The van der Waals surface area contributed by atoms with Gasteiger partial charge in [-0.2, -0.15) is 5.10 Å². The SMILES string of the molecule is C=CC(=O)Nc1cccc(-n2cc(-c3ccc4c(c3)CCNC4=O)c(N)n2)c1C. The van der Waals surface area contributed by atoms with Crippen molar-refractivity contribution in [3.63, 3.8) is 0 Å². The highest BCUT2D eigenvalue weighted by Gasteiger charge is 2.19. The van der Waals surface area contributed by atoms with Crippen LogP contribution in [0.15, 0.2) is 55.3 Å². The van der Waals surface area contributed by atoms with E-state index in [9.17, 15) is 9.59 Å². The van der Waals surface area contributed by atoms with Crippen molar-refractivity contribution < 1.29 is 9.59 Å². The number of nitrogens with zero attached hydrogens (tertiary/aromatic N) is 2. The van der Waals surface area contributed by atoms with Crippen molar-refractivity contribution >= 4 is 23.3 Å². The van der Waals surface area contributed by atoms with Crippen molar-refractivity contribution in [2.45, 2.75) is 13.3 Å². The minimum Gasteiger partial charge on any atom is -0.382 e. The van der Waals surface area contributed by atoms with Crippen LogP contribution in [-0.2, 0) is 11.2 Å². The van der Waals surface area contributed by atoms with Crippen molar-refractivity contribution in [2.24, 2.45) is 0 Å². The summed E-state index contributed by atoms with van der Waals surface area (Å²) in [5.74, 6) is 0.0737. The molecule has 1 aliphatic rings. The van der Waals surface area contributed by atoms with Crippen LogP contribution in [0.25, 0.3) is 16.8 Å². The van der Waals surface area contributed by atoms with Crippen LogP contribution < -0.4 is 16.4 Å². The Morgan fingerprint density at radius 3 is 2.93 bits per heavy atom. The first-order chi connectivity index (χ1) is 14.0. The van der Waals surface area contributed by atoms with Gasteiger partial charge < -0.3 is 16.4 Å². The quantitative estimate of drug-likeness (QED) is 0.599. The van der Waals surface area contributed by atoms with E-state index in [0.29, 0.717) is 23.6 Å². The van der Waals surface area contributed by atoms with Gasteiger partial charge in [0.15, 0.2) is 5.82 Å². The lowest BCUT2D eigenvalue weighted by Gasteiger charge is -2.17. The average molecular weight is 387 g/mol. The molecule has 4 N–H and O–H groups in total. The summed E-state index contributed by atoms with van der Waals surface area (Å²) in [5, 5.41) is 10.1. The van der Waals surface area contributed by atoms with E-state index in [1.165, 1.54) is 6.08 Å². The Labute approximate surface area is 168 Å². The number of hydrogen-bond donors (Lipinski definition) is 3. The van der Waals surface area contributed by atoms with Crippen molar-refractivity contribution in [1.82, 2.24) is 15.1 Å². The van der Waals surface area contributed by atoms with Crippen molar-refractivity contribution in [3.8, 4) is 16.8 Å². The van der Waals surface area contributed by atoms with Crippen molar-refractivity contribution in [2.75, 3.05) is 17.6 Å². The Morgan fingerprint density at radius 1 is 1.31 bits per heavy atom. The summed E-state index contributed by atoms with van der Waals surface area (Å²) in [5.41, 5.74) is 12.0. The van der Waals surface area contributed by atoms with E-state index in [1.54, 1.807) is 4.68 Å². The van der Waals surface area contributed by atoms with Gasteiger partial charge in [0.25, 0.3) is 5.91 Å². The zero-order valence-corrected chi connectivity index (χ0v) is 16.0. The van der Waals surface area contributed by atoms with Gasteiger partial charge in [0, 0.05) is 29.6 Å². The minimum atomic E-state index is -0.274. The molecule has 146 valence electrons. The number of hydrogen-bond acceptors (Lipinski definition) is 4. The molecule has 0 radical (unpaired) electrons. The fourth-order valence-corrected chi connectivity index (χ4v) is 3.52. The number of amides is 2. The normalized spacial score (nSPS) is 12.8. The summed E-state index contributed by atoms with van der Waals surface area (Å²) in [6, 6.07) is 11.3. The molecule has 1 aromatic heterocycles. The number of fused-ring (bicyclic) bond motifs is 1. The van der Waals surface area contributed by atoms with E-state index in [-0.39, 0.29) is 11.8 Å². The Morgan fingerprint density at radius 2 is 2.14 bits per heavy atom. The maximum absolute atomic E-state index is 12.0. The molecule has 0 fully saturated rings. The first-order valence-corrected chi connectivity index (χ1v) is 9.28. The standard InChI is InChI=1S/C22H21N5O2/c1-3-20(28)25-18-5-4-6-19(13(18)2)27-12-17(21(23)26-27)14-7-8-16-15(11-14)9-10-24-22(16)29/h3-8,11-12H,1,9-10H2,2H3,(H2,23,26)(H,24,29)(H,25,28). The number of aromatic nitrogens is 2. The first-order valence-electron chi connectivity index (χ1n) is 9.28. The van der Waals surface area contributed by atoms with Gasteiger partial charge in [-0.25, -0.2) is 4.68 Å². The van der Waals surface area contributed by atoms with E-state index in [2.05, 4.69) is 22.3 Å². The third kappa shape index (κ3) is 3.38. The summed E-state index contributed by atoms with van der Waals surface area (Å²) in [6.45, 7) is 6.02. The second kappa shape index (κ2) is 7.27. The van der Waals surface area contributed by atoms with Crippen LogP contribution >= 0.6 is 0 Å². The number of nitrogen functional groups attached to an aromatic ring is 1. The van der Waals surface area contributed by atoms with Gasteiger partial charge >= 0.3 is 0 Å². The molecule has 2 aromatic carbocycles. The summed E-state index contributed by atoms with van der Waals surface area (Å²) in [7, 11) is 0. The zero-order valence-electron chi connectivity index (χ0n) is 16.0. The van der Waals surface area contributed by atoms with Gasteiger partial charge in [-0.1, -0.05) is 24.8 Å². The molecule has 0 spiro atoms. The summed E-state index contributed by atoms with van der Waals surface area (Å²) >= 11 is 0. The summed E-state index contributed by atoms with van der Waals surface area (Å²) in [6.07, 6.45) is 3.88. The van der Waals surface area contributed by atoms with Crippen LogP contribution in [0.1, 0.15) is 21.5 Å². The predicted octanol–water partition coefficient (Wildman–Crippen LogP) is 2.84. The van der Waals surface area contributed by atoms with Crippen LogP contribution in [0.4, 0.5) is 11.5 Å². The monoisotopic (exact) mass is 387 g/mol. The number of benzene rings is 2. The van der Waals surface area contributed by atoms with Crippen LogP contribution in [0.2, 0.25) is 0 Å². The average Bonchev–Trinajstić information content (AvgIpc) is 3.10. The zero-order chi connectivity index (χ0) is 20.5. The van der Waals surface area contributed by atoms with Crippen LogP contribution in [0, 0.1) is 6.92 Å². The number of anilines is 2. The molecule has 3 aromatic rings. The molecular weight excluding hydrogens is 366 g/mol. The van der Waals surface area contributed by atoms with Gasteiger partial charge in [-0.3, -0.25) is 9.59 Å². The van der Waals surface area contributed by atoms with Crippen LogP contribution in [0.3, 0.4) is 0 Å². The molecule has 0 bridgehead atoms. The molecule has 0 saturated carbocycles. The van der Waals surface area contributed by atoms with Gasteiger partial charge in [0.2, 0.25) is 5.91 Å². The third-order valence-corrected chi connectivity index (χ3v) is 5.08. The van der Waals surface area contributed by atoms with Crippen molar-refractivity contribution in [3.05, 3.63) is 71.9 Å². The number of nitrogens with one attached hydrogen (secondary N) is 2. The fourth-order valence-electron chi connectivity index (χ4n) is 3.52. The maximum Gasteiger partial charge on any atom is 0.251 e. The predicted molar refractivity (Wildman–Crippen MR) is 113 cm³/mol. The minimum absolute atomic E-state index is 0.0459. The molecule has 7 heteroatoms. The fraction of sp³-hybridized carbons (Fsp3) is 0.136. The lowest BCUT2D eigenvalue weighted by molar-refractivity contribution is -0.111. The topological polar surface area (TPSA) is 102 Å². The van der Waals surface area contributed by atoms with Crippen LogP contribution in [0.5, 0.6) is 0 Å². The number of carbonyl (C=O) groups excluding carboxylic acids is 2. The highest BCUT2D eigenvalue weighted by Crippen LogP contribution is 2.30. The molecular formula is C22H21N5O2. The second-order valence-electron chi connectivity index (χ2n) is 6.89. The van der Waals surface area contributed by atoms with E-state index < -0.39 is 0 Å². The van der Waals surface area contributed by atoms with Crippen molar-refractivity contribution in [1.29, 1.82) is 0 Å². The van der Waals surface area contributed by atoms with Crippen LogP contribution in [-0.4, -0.2) is 28.1 Å². The van der Waals surface area contributed by atoms with E-state index in [1.807, 2.05) is 49.5 Å². The molecule has 0 unspecified atom stereocenters. The largest absolute Gasteiger partial charge is 0.382 e. The molecule has 0 atom stereocenters. The number of rotatable bonds is 4. The Balaban J connectivity index is 1.73. The molecule has 1 aliphatic heterocycles. The van der Waals surface area contributed by atoms with Gasteiger partial charge in [-0.05, 0) is 54.3 Å². The molecule has 29 heavy (non-hydrogen) atoms. The number of carbonyl (C=O) groups is 2. The Bertz CT molecular complexity index is 1150. The van der Waals surface area contributed by atoms with Gasteiger partial charge in [0.1, 0.15) is 0 Å². The van der Waals surface area contributed by atoms with Gasteiger partial charge in [-0.15, -0.1) is 0 Å². The van der Waals surface area contributed by atoms with E-state index in [0.717, 1.165) is 34.4 Å². The summed E-state index contributed by atoms with van der Waals surface area (Å²) in [4.78, 5) is 23.6. The Kier molecular flexibility index (Phi) is 4.64.